The van der Waals surface area contributed by atoms with Gasteiger partial charge in [-0.2, -0.15) is 0 Å². The molecule has 1 amide bonds. The van der Waals surface area contributed by atoms with Gasteiger partial charge in [0.15, 0.2) is 5.16 Å². The van der Waals surface area contributed by atoms with Crippen LogP contribution in [0.2, 0.25) is 0 Å². The molecule has 7 heteroatoms. The number of amides is 1. The Labute approximate surface area is 152 Å². The van der Waals surface area contributed by atoms with Crippen molar-refractivity contribution in [3.63, 3.8) is 0 Å². The molecule has 1 saturated carbocycles. The molecule has 1 N–H and O–H groups in total. The van der Waals surface area contributed by atoms with Gasteiger partial charge in [0.2, 0.25) is 5.91 Å². The summed E-state index contributed by atoms with van der Waals surface area (Å²) in [4.78, 5) is 12.3. The zero-order valence-corrected chi connectivity index (χ0v) is 15.5. The Balaban J connectivity index is 1.58. The molecule has 0 unspecified atom stereocenters. The van der Waals surface area contributed by atoms with Gasteiger partial charge in [0.05, 0.1) is 18.0 Å². The number of rotatable bonds is 7. The van der Waals surface area contributed by atoms with E-state index < -0.39 is 0 Å². The van der Waals surface area contributed by atoms with Gasteiger partial charge in [-0.25, -0.2) is 0 Å². The zero-order valence-electron chi connectivity index (χ0n) is 14.7. The molecule has 0 radical (unpaired) electrons. The van der Waals surface area contributed by atoms with Gasteiger partial charge in [-0.3, -0.25) is 4.79 Å². The number of ether oxygens (including phenoxy) is 1. The second kappa shape index (κ2) is 8.38. The molecule has 3 rings (SSSR count). The van der Waals surface area contributed by atoms with Crippen molar-refractivity contribution in [2.75, 3.05) is 17.7 Å². The maximum Gasteiger partial charge on any atom is 0.234 e. The van der Waals surface area contributed by atoms with E-state index in [1.165, 1.54) is 37.4 Å². The molecular formula is C18H24N4O2S. The van der Waals surface area contributed by atoms with E-state index in [0.717, 1.165) is 11.0 Å². The van der Waals surface area contributed by atoms with E-state index in [9.17, 15) is 4.79 Å². The molecule has 0 spiro atoms. The van der Waals surface area contributed by atoms with Crippen molar-refractivity contribution < 1.29 is 9.53 Å². The summed E-state index contributed by atoms with van der Waals surface area (Å²) in [6.07, 6.45) is 4.90. The summed E-state index contributed by atoms with van der Waals surface area (Å²) in [6, 6.07) is 7.46. The van der Waals surface area contributed by atoms with Crippen molar-refractivity contribution in [1.82, 2.24) is 14.8 Å². The van der Waals surface area contributed by atoms with E-state index in [4.69, 9.17) is 4.74 Å². The number of hydrogen-bond acceptors (Lipinski definition) is 5. The highest BCUT2D eigenvalue weighted by atomic mass is 32.2. The minimum absolute atomic E-state index is 0.0810. The van der Waals surface area contributed by atoms with E-state index in [1.54, 1.807) is 0 Å². The molecule has 1 aromatic carbocycles. The Morgan fingerprint density at radius 2 is 2.08 bits per heavy atom. The lowest BCUT2D eigenvalue weighted by Gasteiger charge is -2.11. The van der Waals surface area contributed by atoms with Crippen molar-refractivity contribution in [1.29, 1.82) is 0 Å². The number of para-hydroxylation sites is 2. The highest BCUT2D eigenvalue weighted by Crippen LogP contribution is 2.34. The predicted octanol–water partition coefficient (Wildman–Crippen LogP) is 3.60. The Morgan fingerprint density at radius 1 is 1.32 bits per heavy atom. The number of anilines is 1. The van der Waals surface area contributed by atoms with E-state index in [-0.39, 0.29) is 11.7 Å². The summed E-state index contributed by atoms with van der Waals surface area (Å²) in [5.41, 5.74) is 0.694. The summed E-state index contributed by atoms with van der Waals surface area (Å²) < 4.78 is 7.56. The number of thioether (sulfide) groups is 1. The molecule has 134 valence electrons. The highest BCUT2D eigenvalue weighted by Gasteiger charge is 2.23. The van der Waals surface area contributed by atoms with Gasteiger partial charge >= 0.3 is 0 Å². The van der Waals surface area contributed by atoms with Gasteiger partial charge in [0, 0.05) is 13.0 Å². The molecule has 0 aliphatic heterocycles. The van der Waals surface area contributed by atoms with Gasteiger partial charge in [-0.1, -0.05) is 36.7 Å². The first kappa shape index (κ1) is 17.8. The average Bonchev–Trinajstić information content (AvgIpc) is 3.25. The number of hydrogen-bond donors (Lipinski definition) is 1. The van der Waals surface area contributed by atoms with Gasteiger partial charge < -0.3 is 14.6 Å². The quantitative estimate of drug-likeness (QED) is 0.764. The fourth-order valence-corrected chi connectivity index (χ4v) is 3.88. The highest BCUT2D eigenvalue weighted by molar-refractivity contribution is 7.99. The Morgan fingerprint density at radius 3 is 2.84 bits per heavy atom. The van der Waals surface area contributed by atoms with Crippen LogP contribution in [-0.4, -0.2) is 33.0 Å². The van der Waals surface area contributed by atoms with Gasteiger partial charge in [-0.05, 0) is 31.9 Å². The SMILES string of the molecule is CCOc1ccccc1NC(=O)CSc1nnc(C2CCCC2)n1C. The number of aromatic nitrogens is 3. The molecule has 1 heterocycles. The summed E-state index contributed by atoms with van der Waals surface area (Å²) in [6.45, 7) is 2.48. The molecule has 1 aliphatic carbocycles. The van der Waals surface area contributed by atoms with E-state index in [0.29, 0.717) is 24.0 Å². The molecular weight excluding hydrogens is 336 g/mol. The zero-order chi connectivity index (χ0) is 17.6. The van der Waals surface area contributed by atoms with Crippen LogP contribution in [0.15, 0.2) is 29.4 Å². The van der Waals surface area contributed by atoms with Crippen LogP contribution in [0.5, 0.6) is 5.75 Å². The van der Waals surface area contributed by atoms with Crippen LogP contribution in [-0.2, 0) is 11.8 Å². The van der Waals surface area contributed by atoms with Gasteiger partial charge in [0.25, 0.3) is 0 Å². The third kappa shape index (κ3) is 4.34. The van der Waals surface area contributed by atoms with Gasteiger partial charge in [-0.15, -0.1) is 10.2 Å². The molecule has 1 aliphatic rings. The molecule has 0 atom stereocenters. The summed E-state index contributed by atoms with van der Waals surface area (Å²) in [5, 5.41) is 12.3. The third-order valence-electron chi connectivity index (χ3n) is 4.38. The summed E-state index contributed by atoms with van der Waals surface area (Å²) >= 11 is 1.41. The summed E-state index contributed by atoms with van der Waals surface area (Å²) in [5.74, 6) is 2.45. The number of carbonyl (C=O) groups excluding carboxylic acids is 1. The van der Waals surface area contributed by atoms with Crippen molar-refractivity contribution >= 4 is 23.4 Å². The monoisotopic (exact) mass is 360 g/mol. The van der Waals surface area contributed by atoms with E-state index in [2.05, 4.69) is 15.5 Å². The predicted molar refractivity (Wildman–Crippen MR) is 99.2 cm³/mol. The minimum atomic E-state index is -0.0810. The van der Waals surface area contributed by atoms with Crippen LogP contribution in [0.25, 0.3) is 0 Å². The molecule has 0 saturated heterocycles. The van der Waals surface area contributed by atoms with Crippen LogP contribution in [0.3, 0.4) is 0 Å². The maximum atomic E-state index is 12.3. The number of nitrogens with zero attached hydrogens (tertiary/aromatic N) is 3. The largest absolute Gasteiger partial charge is 0.492 e. The van der Waals surface area contributed by atoms with Crippen LogP contribution >= 0.6 is 11.8 Å². The topological polar surface area (TPSA) is 69.0 Å². The minimum Gasteiger partial charge on any atom is -0.492 e. The standard InChI is InChI=1S/C18H24N4O2S/c1-3-24-15-11-7-6-10-14(15)19-16(23)12-25-18-21-20-17(22(18)2)13-8-4-5-9-13/h6-7,10-11,13H,3-5,8-9,12H2,1-2H3,(H,19,23). The molecule has 1 fully saturated rings. The fraction of sp³-hybridized carbons (Fsp3) is 0.500. The maximum absolute atomic E-state index is 12.3. The third-order valence-corrected chi connectivity index (χ3v) is 5.40. The van der Waals surface area contributed by atoms with Crippen molar-refractivity contribution in [3.8, 4) is 5.75 Å². The molecule has 25 heavy (non-hydrogen) atoms. The molecule has 6 nitrogen and oxygen atoms in total. The van der Waals surface area contributed by atoms with E-state index in [1.807, 2.05) is 42.8 Å². The Kier molecular flexibility index (Phi) is 5.96. The Bertz CT molecular complexity index is 726. The van der Waals surface area contributed by atoms with Crippen molar-refractivity contribution in [2.24, 2.45) is 7.05 Å². The first-order chi connectivity index (χ1) is 12.2. The first-order valence-electron chi connectivity index (χ1n) is 8.72. The summed E-state index contributed by atoms with van der Waals surface area (Å²) in [7, 11) is 1.98. The van der Waals surface area contributed by atoms with Crippen molar-refractivity contribution in [2.45, 2.75) is 43.7 Å². The van der Waals surface area contributed by atoms with Crippen LogP contribution in [0, 0.1) is 0 Å². The van der Waals surface area contributed by atoms with Crippen LogP contribution in [0.4, 0.5) is 5.69 Å². The lowest BCUT2D eigenvalue weighted by atomic mass is 10.1. The number of benzene rings is 1. The van der Waals surface area contributed by atoms with Gasteiger partial charge in [0.1, 0.15) is 11.6 Å². The average molecular weight is 360 g/mol. The second-order valence-corrected chi connectivity index (χ2v) is 7.09. The number of carbonyl (C=O) groups is 1. The fourth-order valence-electron chi connectivity index (χ4n) is 3.16. The van der Waals surface area contributed by atoms with Crippen molar-refractivity contribution in [3.05, 3.63) is 30.1 Å². The normalized spacial score (nSPS) is 14.6. The lowest BCUT2D eigenvalue weighted by molar-refractivity contribution is -0.113. The molecule has 2 aromatic rings. The smallest absolute Gasteiger partial charge is 0.234 e. The first-order valence-corrected chi connectivity index (χ1v) is 9.71. The van der Waals surface area contributed by atoms with E-state index >= 15 is 0 Å². The Hall–Kier alpha value is -2.02. The molecule has 0 bridgehead atoms. The van der Waals surface area contributed by atoms with Crippen LogP contribution in [0.1, 0.15) is 44.3 Å². The number of nitrogens with one attached hydrogen (secondary N) is 1. The van der Waals surface area contributed by atoms with Crippen LogP contribution < -0.4 is 10.1 Å². The lowest BCUT2D eigenvalue weighted by Crippen LogP contribution is -2.15. The molecule has 1 aromatic heterocycles. The second-order valence-electron chi connectivity index (χ2n) is 6.15.